The lowest BCUT2D eigenvalue weighted by atomic mass is 10.1. The van der Waals surface area contributed by atoms with Gasteiger partial charge in [-0.3, -0.25) is 14.2 Å². The predicted octanol–water partition coefficient (Wildman–Crippen LogP) is 4.38. The average Bonchev–Trinajstić information content (AvgIpc) is 3.28. The van der Waals surface area contributed by atoms with Crippen molar-refractivity contribution in [3.63, 3.8) is 0 Å². The Bertz CT molecular complexity index is 1840. The molecule has 0 unspecified atom stereocenters. The number of methoxy groups -OCH3 is 4. The van der Waals surface area contributed by atoms with Crippen molar-refractivity contribution in [3.05, 3.63) is 89.8 Å². The summed E-state index contributed by atoms with van der Waals surface area (Å²) in [6, 6.07) is 16.5. The van der Waals surface area contributed by atoms with Gasteiger partial charge in [0.1, 0.15) is 16.5 Å². The van der Waals surface area contributed by atoms with Gasteiger partial charge in [0.15, 0.2) is 17.1 Å². The topological polar surface area (TPSA) is 112 Å². The van der Waals surface area contributed by atoms with Crippen LogP contribution >= 0.6 is 34.5 Å². The minimum absolute atomic E-state index is 0.114. The number of hydrogen-bond acceptors (Lipinski definition) is 8. The number of nitrogens with zero attached hydrogens (tertiary/aromatic N) is 2. The molecule has 1 N–H and O–H groups in total. The number of rotatable bonds is 8. The van der Waals surface area contributed by atoms with Crippen molar-refractivity contribution < 1.29 is 23.7 Å². The quantitative estimate of drug-likeness (QED) is 0.315. The molecule has 9 nitrogen and oxygen atoms in total. The average molecular weight is 612 g/mol. The van der Waals surface area contributed by atoms with Crippen LogP contribution in [0.25, 0.3) is 17.3 Å². The fourth-order valence-corrected chi connectivity index (χ4v) is 5.46. The molecular formula is C29H23Cl2N3O6S. The summed E-state index contributed by atoms with van der Waals surface area (Å²) in [6.07, 6.45) is 1.60. The second-order valence-corrected chi connectivity index (χ2v) is 10.1. The zero-order valence-electron chi connectivity index (χ0n) is 22.3. The predicted molar refractivity (Wildman–Crippen MR) is 159 cm³/mol. The number of carbonyl (C=O) groups is 1. The molecule has 0 atom stereocenters. The van der Waals surface area contributed by atoms with Crippen LogP contribution in [-0.2, 0) is 4.79 Å². The van der Waals surface area contributed by atoms with Gasteiger partial charge in [-0.05, 0) is 60.7 Å². The van der Waals surface area contributed by atoms with E-state index in [-0.39, 0.29) is 19.8 Å². The summed E-state index contributed by atoms with van der Waals surface area (Å²) in [5.74, 6) is 0.836. The molecule has 0 aliphatic rings. The van der Waals surface area contributed by atoms with Gasteiger partial charge in [-0.2, -0.15) is 5.26 Å². The molecule has 0 aliphatic carbocycles. The molecular weight excluding hydrogens is 589 g/mol. The number of amides is 1. The van der Waals surface area contributed by atoms with Crippen molar-refractivity contribution in [1.82, 2.24) is 4.57 Å². The minimum atomic E-state index is -0.729. The van der Waals surface area contributed by atoms with Gasteiger partial charge >= 0.3 is 0 Å². The lowest BCUT2D eigenvalue weighted by Crippen LogP contribution is -2.32. The van der Waals surface area contributed by atoms with Gasteiger partial charge < -0.3 is 24.3 Å². The van der Waals surface area contributed by atoms with E-state index in [2.05, 4.69) is 5.32 Å². The van der Waals surface area contributed by atoms with Crippen molar-refractivity contribution >= 4 is 57.8 Å². The van der Waals surface area contributed by atoms with Crippen LogP contribution in [0.3, 0.4) is 0 Å². The first kappa shape index (κ1) is 29.6. The first-order valence-corrected chi connectivity index (χ1v) is 13.4. The summed E-state index contributed by atoms with van der Waals surface area (Å²) in [4.78, 5) is 27.1. The normalized spacial score (nSPS) is 11.9. The lowest BCUT2D eigenvalue weighted by molar-refractivity contribution is -0.111. The first-order chi connectivity index (χ1) is 19.8. The lowest BCUT2D eigenvalue weighted by Gasteiger charge is -2.13. The summed E-state index contributed by atoms with van der Waals surface area (Å²) < 4.78 is 23.2. The highest BCUT2D eigenvalue weighted by molar-refractivity contribution is 7.07. The molecule has 1 aromatic heterocycles. The van der Waals surface area contributed by atoms with Crippen molar-refractivity contribution in [2.45, 2.75) is 0 Å². The monoisotopic (exact) mass is 611 g/mol. The van der Waals surface area contributed by atoms with Crippen LogP contribution in [0, 0.1) is 11.3 Å². The van der Waals surface area contributed by atoms with E-state index >= 15 is 0 Å². The Kier molecular flexibility index (Phi) is 9.24. The molecule has 0 spiro atoms. The van der Waals surface area contributed by atoms with Crippen molar-refractivity contribution in [1.29, 1.82) is 5.26 Å². The molecule has 210 valence electrons. The first-order valence-electron chi connectivity index (χ1n) is 11.8. The Hall–Kier alpha value is -4.43. The van der Waals surface area contributed by atoms with E-state index in [0.717, 1.165) is 11.3 Å². The van der Waals surface area contributed by atoms with Crippen LogP contribution in [0.15, 0.2) is 59.4 Å². The van der Waals surface area contributed by atoms with Crippen LogP contribution < -0.4 is 39.0 Å². The summed E-state index contributed by atoms with van der Waals surface area (Å²) in [6.45, 7) is 0. The Morgan fingerprint density at radius 2 is 1.59 bits per heavy atom. The van der Waals surface area contributed by atoms with E-state index in [4.69, 9.17) is 42.1 Å². The fraction of sp³-hybridized carbons (Fsp3) is 0.138. The van der Waals surface area contributed by atoms with Crippen molar-refractivity contribution in [2.24, 2.45) is 0 Å². The summed E-state index contributed by atoms with van der Waals surface area (Å²) >= 11 is 13.2. The van der Waals surface area contributed by atoms with E-state index in [0.29, 0.717) is 45.0 Å². The summed E-state index contributed by atoms with van der Waals surface area (Å²) in [7, 11) is 5.92. The number of nitriles is 1. The van der Waals surface area contributed by atoms with Gasteiger partial charge in [-0.1, -0.05) is 23.2 Å². The van der Waals surface area contributed by atoms with Crippen LogP contribution in [0.2, 0.25) is 10.0 Å². The molecule has 12 heteroatoms. The Morgan fingerprint density at radius 1 is 0.927 bits per heavy atom. The van der Waals surface area contributed by atoms with E-state index < -0.39 is 11.5 Å². The van der Waals surface area contributed by atoms with Gasteiger partial charge in [-0.25, -0.2) is 0 Å². The molecule has 0 saturated heterocycles. The Morgan fingerprint density at radius 3 is 2.17 bits per heavy atom. The second-order valence-electron chi connectivity index (χ2n) is 8.25. The van der Waals surface area contributed by atoms with Crippen LogP contribution in [0.4, 0.5) is 5.69 Å². The SMILES string of the molecule is COc1ccc(NC(=O)/C(C#N)=c2\s/c(=C\c3ccc(OC)c(OC)c3OC)c(=O)n2-c2ccc(Cl)cc2)cc1Cl. The summed E-state index contributed by atoms with van der Waals surface area (Å²) in [5, 5.41) is 13.5. The van der Waals surface area contributed by atoms with E-state index in [1.165, 1.54) is 39.1 Å². The van der Waals surface area contributed by atoms with Gasteiger partial charge in [-0.15, -0.1) is 11.3 Å². The largest absolute Gasteiger partial charge is 0.495 e. The maximum atomic E-state index is 13.8. The highest BCUT2D eigenvalue weighted by Crippen LogP contribution is 2.40. The number of halogens is 2. The van der Waals surface area contributed by atoms with E-state index in [1.807, 2.05) is 6.07 Å². The molecule has 1 heterocycles. The molecule has 0 fully saturated rings. The molecule has 41 heavy (non-hydrogen) atoms. The molecule has 4 rings (SSSR count). The maximum Gasteiger partial charge on any atom is 0.273 e. The van der Waals surface area contributed by atoms with Crippen LogP contribution in [0.1, 0.15) is 5.56 Å². The van der Waals surface area contributed by atoms with E-state index in [9.17, 15) is 14.9 Å². The van der Waals surface area contributed by atoms with Gasteiger partial charge in [0, 0.05) is 16.3 Å². The smallest absolute Gasteiger partial charge is 0.273 e. The van der Waals surface area contributed by atoms with Gasteiger partial charge in [0.05, 0.1) is 43.7 Å². The number of nitrogens with one attached hydrogen (secondary N) is 1. The molecule has 4 aromatic rings. The molecule has 0 radical (unpaired) electrons. The molecule has 3 aromatic carbocycles. The zero-order valence-corrected chi connectivity index (χ0v) is 24.6. The highest BCUT2D eigenvalue weighted by atomic mass is 35.5. The maximum absolute atomic E-state index is 13.8. The number of anilines is 1. The fourth-order valence-electron chi connectivity index (χ4n) is 3.99. The third kappa shape index (κ3) is 6.02. The van der Waals surface area contributed by atoms with Gasteiger partial charge in [0.25, 0.3) is 11.5 Å². The Balaban J connectivity index is 1.97. The van der Waals surface area contributed by atoms with Gasteiger partial charge in [0.2, 0.25) is 5.75 Å². The van der Waals surface area contributed by atoms with Crippen molar-refractivity contribution in [2.75, 3.05) is 33.8 Å². The molecule has 0 saturated carbocycles. The van der Waals surface area contributed by atoms with Crippen LogP contribution in [-0.4, -0.2) is 38.9 Å². The highest BCUT2D eigenvalue weighted by Gasteiger charge is 2.19. The third-order valence-corrected chi connectivity index (χ3v) is 7.53. The Labute approximate surface area is 249 Å². The standard InChI is InChI=1S/C29H23Cl2N3O6S/c1-37-22-12-8-18(14-21(22)31)33-27(35)20(15-32)29-34(19-9-6-17(30)7-10-19)28(36)24(41-29)13-16-5-11-23(38-2)26(40-4)25(16)39-3/h5-14H,1-4H3,(H,33,35)/b24-13-,29-20-. The van der Waals surface area contributed by atoms with Crippen molar-refractivity contribution in [3.8, 4) is 34.8 Å². The number of hydrogen-bond donors (Lipinski definition) is 1. The second kappa shape index (κ2) is 12.8. The summed E-state index contributed by atoms with van der Waals surface area (Å²) in [5.41, 5.74) is 0.532. The number of thiazole rings is 1. The molecule has 0 bridgehead atoms. The number of ether oxygens (including phenoxy) is 4. The number of benzene rings is 3. The third-order valence-electron chi connectivity index (χ3n) is 5.89. The molecule has 0 aliphatic heterocycles. The zero-order chi connectivity index (χ0) is 29.7. The van der Waals surface area contributed by atoms with Crippen LogP contribution in [0.5, 0.6) is 23.0 Å². The number of carbonyl (C=O) groups excluding carboxylic acids is 1. The van der Waals surface area contributed by atoms with E-state index in [1.54, 1.807) is 54.6 Å². The number of aromatic nitrogens is 1. The molecule has 1 amide bonds. The minimum Gasteiger partial charge on any atom is -0.495 e.